The molecule has 2 saturated carbocycles. The number of rotatable bonds is 10. The summed E-state index contributed by atoms with van der Waals surface area (Å²) in [6.07, 6.45) is 26.4. The molecule has 0 nitrogen and oxygen atoms in total. The predicted octanol–water partition coefficient (Wildman–Crippen LogP) is 17.6. The molecule has 0 N–H and O–H groups in total. The quantitative estimate of drug-likeness (QED) is 0.0948. The largest absolute Gasteiger partial charge is 0.147 e. The fourth-order valence-corrected chi connectivity index (χ4v) is 39.3. The molecule has 0 aliphatic heterocycles. The minimum absolute atomic E-state index is 0. The maximum Gasteiger partial charge on any atom is -0.147 e. The van der Waals surface area contributed by atoms with E-state index in [1.54, 1.807) is 22.3 Å². The van der Waals surface area contributed by atoms with Crippen LogP contribution in [-0.4, -0.2) is 6.88 Å². The molecule has 6 aromatic carbocycles. The van der Waals surface area contributed by atoms with E-state index in [0.717, 1.165) is 11.8 Å². The molecule has 0 saturated heterocycles. The van der Waals surface area contributed by atoms with Crippen LogP contribution in [0.1, 0.15) is 133 Å². The van der Waals surface area contributed by atoms with Gasteiger partial charge in [0.15, 0.2) is 0 Å². The Bertz CT molecular complexity index is 2510. The third-order valence-corrected chi connectivity index (χ3v) is 39.6. The van der Waals surface area contributed by atoms with E-state index in [0.29, 0.717) is 7.25 Å². The van der Waals surface area contributed by atoms with E-state index >= 15 is 0 Å². The van der Waals surface area contributed by atoms with Crippen LogP contribution in [0.2, 0.25) is 8.76 Å². The van der Waals surface area contributed by atoms with Crippen molar-refractivity contribution < 1.29 is 17.4 Å². The van der Waals surface area contributed by atoms with Crippen molar-refractivity contribution in [2.45, 2.75) is 119 Å². The Morgan fingerprint density at radius 2 is 0.887 bits per heavy atom. The van der Waals surface area contributed by atoms with E-state index in [1.165, 1.54) is 144 Å². The maximum atomic E-state index is 3.00. The first-order chi connectivity index (χ1) is 29.4. The number of hydrogen-bond acceptors (Lipinski definition) is 0. The molecule has 4 heteroatoms. The van der Waals surface area contributed by atoms with Gasteiger partial charge >= 0.3 is 366 Å². The maximum absolute atomic E-state index is 4.02. The van der Waals surface area contributed by atoms with E-state index < -0.39 is 17.4 Å². The SMILES string of the molecule is CC[CH2][Zr]([CH3])(=[SiH2])([CH]1C(CC2CCCCCC2)=Cc2c(-c3ccc4ccccc4c3)cccc21)[CH]1C(CC2CCCCCC2)=Cc2c(-c3ccc4ccccc4c3)cccc21.Cl.Cl. The van der Waals surface area contributed by atoms with Crippen LogP contribution in [0.3, 0.4) is 0 Å². The molecule has 62 heavy (non-hydrogen) atoms. The van der Waals surface area contributed by atoms with Crippen LogP contribution in [0.5, 0.6) is 0 Å². The average Bonchev–Trinajstić information content (AvgIpc) is 3.58. The molecule has 0 amide bonds. The van der Waals surface area contributed by atoms with Crippen molar-refractivity contribution in [3.8, 4) is 22.3 Å². The molecular formula is C58H68Cl2SiZr. The van der Waals surface area contributed by atoms with Gasteiger partial charge in [0, 0.05) is 0 Å². The van der Waals surface area contributed by atoms with Crippen molar-refractivity contribution in [2.24, 2.45) is 11.8 Å². The van der Waals surface area contributed by atoms with Crippen molar-refractivity contribution in [3.05, 3.63) is 155 Å². The van der Waals surface area contributed by atoms with Gasteiger partial charge in [-0.15, -0.1) is 24.8 Å². The van der Waals surface area contributed by atoms with Gasteiger partial charge in [-0.3, -0.25) is 0 Å². The topological polar surface area (TPSA) is 0 Å². The van der Waals surface area contributed by atoms with Crippen molar-refractivity contribution in [2.75, 3.05) is 0 Å². The number of benzene rings is 6. The Morgan fingerprint density at radius 3 is 1.29 bits per heavy atom. The Kier molecular flexibility index (Phi) is 14.1. The number of halogens is 2. The molecule has 2 atom stereocenters. The number of fused-ring (bicyclic) bond motifs is 4. The van der Waals surface area contributed by atoms with Crippen LogP contribution < -0.4 is 0 Å². The summed E-state index contributed by atoms with van der Waals surface area (Å²) in [6.45, 7) is 5.17. The van der Waals surface area contributed by atoms with Crippen LogP contribution in [0.25, 0.3) is 56.0 Å². The van der Waals surface area contributed by atoms with Gasteiger partial charge in [0.1, 0.15) is 0 Å². The van der Waals surface area contributed by atoms with Crippen molar-refractivity contribution in [3.63, 3.8) is 0 Å². The van der Waals surface area contributed by atoms with Crippen molar-refractivity contribution in [1.82, 2.24) is 0 Å². The normalized spacial score (nSPS) is 19.7. The second-order valence-electron chi connectivity index (χ2n) is 20.4. The molecule has 10 rings (SSSR count). The fourth-order valence-electron chi connectivity index (χ4n) is 13.5. The van der Waals surface area contributed by atoms with Crippen LogP contribution >= 0.6 is 24.8 Å². The number of hydrogen-bond donors (Lipinski definition) is 0. The van der Waals surface area contributed by atoms with Gasteiger partial charge in [-0.05, 0) is 0 Å². The van der Waals surface area contributed by atoms with Gasteiger partial charge in [0.25, 0.3) is 0 Å². The molecule has 0 aromatic heterocycles. The van der Waals surface area contributed by atoms with Gasteiger partial charge in [0.2, 0.25) is 0 Å². The fraction of sp³-hybridized carbons (Fsp3) is 0.379. The molecule has 2 unspecified atom stereocenters. The molecule has 2 fully saturated rings. The molecule has 4 aliphatic carbocycles. The zero-order valence-corrected chi connectivity index (χ0v) is 42.9. The van der Waals surface area contributed by atoms with Crippen molar-refractivity contribution in [1.29, 1.82) is 0 Å². The van der Waals surface area contributed by atoms with E-state index in [1.807, 2.05) is 11.1 Å². The van der Waals surface area contributed by atoms with Gasteiger partial charge in [-0.25, -0.2) is 0 Å². The Labute approximate surface area is 387 Å². The Hall–Kier alpha value is -3.00. The zero-order chi connectivity index (χ0) is 40.7. The van der Waals surface area contributed by atoms with Crippen LogP contribution in [-0.2, 0) is 17.4 Å². The molecule has 0 radical (unpaired) electrons. The first-order valence-electron chi connectivity index (χ1n) is 24.1. The second-order valence-corrected chi connectivity index (χ2v) is 48.9. The standard InChI is InChI=1S/2C27H27.C3H7.CH3.2ClH.H2Si.Zr/c2*1-2-4-9-20(8-3-1)16-21-17-24-12-7-13-26(27(24)18-21)25-15-14-22-10-5-6-11-23(22)19-25;1-3-2;;;;;/h2*5-7,10-15,17-20H,1-4,8-9,16H2;1,3H2,2H3;1H3;2*1H;1H2;. The summed E-state index contributed by atoms with van der Waals surface area (Å²) in [5.41, 5.74) is 15.7. The summed E-state index contributed by atoms with van der Waals surface area (Å²) in [6, 6.07) is 47.2. The predicted molar refractivity (Wildman–Crippen MR) is 276 cm³/mol. The summed E-state index contributed by atoms with van der Waals surface area (Å²) in [4.78, 5) is 0. The molecule has 322 valence electrons. The molecule has 4 aliphatic rings. The summed E-state index contributed by atoms with van der Waals surface area (Å²) < 4.78 is 5.51. The first kappa shape index (κ1) is 45.6. The molecular weight excluding hydrogens is 887 g/mol. The van der Waals surface area contributed by atoms with Crippen LogP contribution in [0, 0.1) is 11.8 Å². The van der Waals surface area contributed by atoms with Gasteiger partial charge < -0.3 is 0 Å². The van der Waals surface area contributed by atoms with E-state index in [4.69, 9.17) is 0 Å². The van der Waals surface area contributed by atoms with Gasteiger partial charge in [-0.2, -0.15) is 0 Å². The molecule has 6 aromatic rings. The first-order valence-corrected chi connectivity index (χ1v) is 37.0. The van der Waals surface area contributed by atoms with E-state index in [9.17, 15) is 0 Å². The monoisotopic (exact) mass is 952 g/mol. The Morgan fingerprint density at radius 1 is 0.484 bits per heavy atom. The average molecular weight is 955 g/mol. The third kappa shape index (κ3) is 8.62. The Balaban J connectivity index is 0.00000264. The summed E-state index contributed by atoms with van der Waals surface area (Å²) in [5, 5.41) is 5.33. The van der Waals surface area contributed by atoms with E-state index in [2.05, 4.69) is 152 Å². The van der Waals surface area contributed by atoms with E-state index in [-0.39, 0.29) is 24.8 Å². The van der Waals surface area contributed by atoms with Crippen molar-refractivity contribution >= 4 is 65.4 Å². The minimum Gasteiger partial charge on any atom is -0.147 e. The smallest absolute Gasteiger partial charge is 0.147 e. The minimum atomic E-state index is -4.02. The third-order valence-electron chi connectivity index (χ3n) is 16.1. The molecule has 0 heterocycles. The van der Waals surface area contributed by atoms with Gasteiger partial charge in [0.05, 0.1) is 0 Å². The summed E-state index contributed by atoms with van der Waals surface area (Å²) in [5.74, 6) is 1.61. The zero-order valence-electron chi connectivity index (χ0n) is 37.3. The van der Waals surface area contributed by atoms with Crippen LogP contribution in [0.15, 0.2) is 132 Å². The molecule has 0 spiro atoms. The molecule has 0 bridgehead atoms. The van der Waals surface area contributed by atoms with Crippen LogP contribution in [0.4, 0.5) is 0 Å². The second kappa shape index (κ2) is 19.2. The van der Waals surface area contributed by atoms with Gasteiger partial charge in [-0.1, -0.05) is 0 Å². The summed E-state index contributed by atoms with van der Waals surface area (Å²) >= 11 is -4.02. The number of allylic oxidation sites excluding steroid dienone is 2. The summed E-state index contributed by atoms with van der Waals surface area (Å²) in [7, 11) is 0.